The molecule has 0 nitrogen and oxygen atoms in total. The third-order valence-electron chi connectivity index (χ3n) is 2.35. The molecular weight excluding hydrogens is 139 g/mol. The molecule has 0 aliphatic heterocycles. The summed E-state index contributed by atoms with van der Waals surface area (Å²) in [4.78, 5) is 0. The molecule has 0 fully saturated rings. The van der Waals surface area contributed by atoms with E-state index < -0.39 is 6.17 Å². The van der Waals surface area contributed by atoms with Crippen molar-refractivity contribution in [3.8, 4) is 0 Å². The van der Waals surface area contributed by atoms with Crippen molar-refractivity contribution in [2.45, 2.75) is 59.0 Å². The highest BCUT2D eigenvalue weighted by Crippen LogP contribution is 2.21. The lowest BCUT2D eigenvalue weighted by atomic mass is 9.93. The first kappa shape index (κ1) is 10.9. The zero-order valence-corrected chi connectivity index (χ0v) is 8.07. The molecule has 1 heteroatoms. The second-order valence-corrected chi connectivity index (χ2v) is 3.23. The van der Waals surface area contributed by atoms with E-state index in [1.807, 2.05) is 6.92 Å². The van der Waals surface area contributed by atoms with E-state index in [1.54, 1.807) is 0 Å². The molecule has 1 unspecified atom stereocenters. The van der Waals surface area contributed by atoms with Gasteiger partial charge in [-0.2, -0.15) is 0 Å². The van der Waals surface area contributed by atoms with Crippen LogP contribution in [0.5, 0.6) is 0 Å². The van der Waals surface area contributed by atoms with Gasteiger partial charge in [-0.05, 0) is 18.8 Å². The monoisotopic (exact) mass is 160 g/mol. The summed E-state index contributed by atoms with van der Waals surface area (Å²) in [5.74, 6) is 0.319. The number of rotatable bonds is 6. The van der Waals surface area contributed by atoms with Gasteiger partial charge in [-0.25, -0.2) is 4.39 Å². The van der Waals surface area contributed by atoms with E-state index in [4.69, 9.17) is 0 Å². The molecule has 2 atom stereocenters. The molecule has 0 aliphatic carbocycles. The zero-order chi connectivity index (χ0) is 8.69. The van der Waals surface area contributed by atoms with E-state index in [-0.39, 0.29) is 0 Å². The largest absolute Gasteiger partial charge is 0.247 e. The highest BCUT2D eigenvalue weighted by molar-refractivity contribution is 4.66. The Labute approximate surface area is 70.2 Å². The van der Waals surface area contributed by atoms with Crippen molar-refractivity contribution in [2.75, 3.05) is 0 Å². The van der Waals surface area contributed by atoms with Crippen LogP contribution >= 0.6 is 0 Å². The fourth-order valence-corrected chi connectivity index (χ4v) is 1.44. The average molecular weight is 160 g/mol. The molecule has 0 heterocycles. The van der Waals surface area contributed by atoms with E-state index in [0.717, 1.165) is 12.8 Å². The first-order valence-corrected chi connectivity index (χ1v) is 4.90. The SMILES string of the molecule is CCCCC(CC)[C@H](F)CC. The van der Waals surface area contributed by atoms with Crippen LogP contribution in [0, 0.1) is 5.92 Å². The van der Waals surface area contributed by atoms with E-state index in [0.29, 0.717) is 12.3 Å². The van der Waals surface area contributed by atoms with Crippen LogP contribution in [0.25, 0.3) is 0 Å². The Kier molecular flexibility index (Phi) is 6.59. The molecule has 0 amide bonds. The van der Waals surface area contributed by atoms with Crippen molar-refractivity contribution in [1.82, 2.24) is 0 Å². The number of hydrogen-bond acceptors (Lipinski definition) is 0. The summed E-state index contributed by atoms with van der Waals surface area (Å²) >= 11 is 0. The minimum absolute atomic E-state index is 0.319. The molecule has 0 spiro atoms. The Morgan fingerprint density at radius 3 is 2.09 bits per heavy atom. The summed E-state index contributed by atoms with van der Waals surface area (Å²) in [6, 6.07) is 0. The molecule has 0 saturated heterocycles. The second-order valence-electron chi connectivity index (χ2n) is 3.23. The van der Waals surface area contributed by atoms with Gasteiger partial charge in [0.2, 0.25) is 0 Å². The molecule has 0 rings (SSSR count). The zero-order valence-electron chi connectivity index (χ0n) is 8.07. The minimum Gasteiger partial charge on any atom is -0.247 e. The first-order valence-electron chi connectivity index (χ1n) is 4.90. The van der Waals surface area contributed by atoms with E-state index in [9.17, 15) is 4.39 Å². The number of alkyl halides is 1. The summed E-state index contributed by atoms with van der Waals surface area (Å²) in [6.45, 7) is 6.17. The predicted octanol–water partition coefficient (Wildman–Crippen LogP) is 3.95. The molecule has 68 valence electrons. The fourth-order valence-electron chi connectivity index (χ4n) is 1.44. The summed E-state index contributed by atoms with van der Waals surface area (Å²) < 4.78 is 13.1. The van der Waals surface area contributed by atoms with E-state index in [2.05, 4.69) is 13.8 Å². The van der Waals surface area contributed by atoms with Gasteiger partial charge in [0.25, 0.3) is 0 Å². The number of unbranched alkanes of at least 4 members (excludes halogenated alkanes) is 1. The summed E-state index contributed by atoms with van der Waals surface area (Å²) in [5, 5.41) is 0. The average Bonchev–Trinajstić information content (AvgIpc) is 2.05. The molecule has 0 aromatic heterocycles. The third-order valence-corrected chi connectivity index (χ3v) is 2.35. The maximum Gasteiger partial charge on any atom is 0.103 e. The van der Waals surface area contributed by atoms with Gasteiger partial charge in [0.05, 0.1) is 0 Å². The van der Waals surface area contributed by atoms with Crippen LogP contribution in [0.15, 0.2) is 0 Å². The maximum atomic E-state index is 13.1. The van der Waals surface area contributed by atoms with Crippen LogP contribution in [0.1, 0.15) is 52.9 Å². The molecular formula is C10H21F. The lowest BCUT2D eigenvalue weighted by molar-refractivity contribution is 0.202. The minimum atomic E-state index is -0.563. The predicted molar refractivity (Wildman–Crippen MR) is 48.5 cm³/mol. The molecule has 0 aromatic carbocycles. The van der Waals surface area contributed by atoms with Gasteiger partial charge < -0.3 is 0 Å². The van der Waals surface area contributed by atoms with Crippen LogP contribution < -0.4 is 0 Å². The van der Waals surface area contributed by atoms with E-state index in [1.165, 1.54) is 12.8 Å². The lowest BCUT2D eigenvalue weighted by Gasteiger charge is -2.17. The Bertz CT molecular complexity index is 80.9. The fraction of sp³-hybridized carbons (Fsp3) is 1.00. The number of hydrogen-bond donors (Lipinski definition) is 0. The first-order chi connectivity index (χ1) is 5.26. The number of halogens is 1. The third kappa shape index (κ3) is 4.39. The second kappa shape index (κ2) is 6.63. The summed E-state index contributed by atoms with van der Waals surface area (Å²) in [5.41, 5.74) is 0. The topological polar surface area (TPSA) is 0 Å². The Morgan fingerprint density at radius 2 is 1.73 bits per heavy atom. The Balaban J connectivity index is 3.56. The maximum absolute atomic E-state index is 13.1. The van der Waals surface area contributed by atoms with Gasteiger partial charge in [-0.1, -0.05) is 40.0 Å². The highest BCUT2D eigenvalue weighted by atomic mass is 19.1. The lowest BCUT2D eigenvalue weighted by Crippen LogP contribution is -2.13. The van der Waals surface area contributed by atoms with Gasteiger partial charge >= 0.3 is 0 Å². The summed E-state index contributed by atoms with van der Waals surface area (Å²) in [7, 11) is 0. The quantitative estimate of drug-likeness (QED) is 0.552. The van der Waals surface area contributed by atoms with Gasteiger partial charge in [0, 0.05) is 0 Å². The smallest absolute Gasteiger partial charge is 0.103 e. The Hall–Kier alpha value is -0.0700. The van der Waals surface area contributed by atoms with Crippen LogP contribution in [0.2, 0.25) is 0 Å². The highest BCUT2D eigenvalue weighted by Gasteiger charge is 2.15. The molecule has 0 bridgehead atoms. The van der Waals surface area contributed by atoms with Gasteiger partial charge in [-0.3, -0.25) is 0 Å². The standard InChI is InChI=1S/C10H21F/c1-4-7-8-9(5-2)10(11)6-3/h9-10H,4-8H2,1-3H3/t9?,10-/m1/s1. The van der Waals surface area contributed by atoms with E-state index >= 15 is 0 Å². The summed E-state index contributed by atoms with van der Waals surface area (Å²) in [6.07, 6.45) is 4.55. The van der Waals surface area contributed by atoms with Crippen LogP contribution in [0.4, 0.5) is 4.39 Å². The van der Waals surface area contributed by atoms with Crippen molar-refractivity contribution in [3.05, 3.63) is 0 Å². The van der Waals surface area contributed by atoms with Crippen LogP contribution in [-0.4, -0.2) is 6.17 Å². The molecule has 0 saturated carbocycles. The van der Waals surface area contributed by atoms with Crippen molar-refractivity contribution in [2.24, 2.45) is 5.92 Å². The van der Waals surface area contributed by atoms with Crippen LogP contribution in [-0.2, 0) is 0 Å². The Morgan fingerprint density at radius 1 is 1.09 bits per heavy atom. The van der Waals surface area contributed by atoms with Gasteiger partial charge in [-0.15, -0.1) is 0 Å². The molecule has 11 heavy (non-hydrogen) atoms. The van der Waals surface area contributed by atoms with Gasteiger partial charge in [0.15, 0.2) is 0 Å². The van der Waals surface area contributed by atoms with Crippen molar-refractivity contribution >= 4 is 0 Å². The van der Waals surface area contributed by atoms with Gasteiger partial charge in [0.1, 0.15) is 6.17 Å². The molecule has 0 radical (unpaired) electrons. The van der Waals surface area contributed by atoms with Crippen molar-refractivity contribution < 1.29 is 4.39 Å². The van der Waals surface area contributed by atoms with Crippen LogP contribution in [0.3, 0.4) is 0 Å². The van der Waals surface area contributed by atoms with Crippen molar-refractivity contribution in [3.63, 3.8) is 0 Å². The molecule has 0 aliphatic rings. The molecule has 0 aromatic rings. The molecule has 0 N–H and O–H groups in total. The van der Waals surface area contributed by atoms with Crippen molar-refractivity contribution in [1.29, 1.82) is 0 Å². The normalized spacial score (nSPS) is 16.4.